The van der Waals surface area contributed by atoms with Gasteiger partial charge in [-0.1, -0.05) is 30.3 Å². The van der Waals surface area contributed by atoms with Gasteiger partial charge in [-0.05, 0) is 47.5 Å². The number of aryl methyl sites for hydroxylation is 1. The van der Waals surface area contributed by atoms with Crippen molar-refractivity contribution in [3.8, 4) is 5.69 Å². The number of carbonyl (C=O) groups is 2. The number of anilines is 1. The van der Waals surface area contributed by atoms with Gasteiger partial charge >= 0.3 is 0 Å². The number of benzene rings is 2. The molecule has 154 valence electrons. The largest absolute Gasteiger partial charge is 0.342 e. The summed E-state index contributed by atoms with van der Waals surface area (Å²) in [6.45, 7) is 2.60. The van der Waals surface area contributed by atoms with Crippen molar-refractivity contribution in [3.05, 3.63) is 65.7 Å². The molecule has 1 aliphatic rings. The fourth-order valence-electron chi connectivity index (χ4n) is 3.52. The third-order valence-corrected chi connectivity index (χ3v) is 5.17. The summed E-state index contributed by atoms with van der Waals surface area (Å²) in [6.07, 6.45) is 0.911. The van der Waals surface area contributed by atoms with Gasteiger partial charge in [-0.25, -0.2) is 4.39 Å². The number of likely N-dealkylation sites (tertiary alicyclic amines) is 1. The van der Waals surface area contributed by atoms with Gasteiger partial charge in [0.05, 0.1) is 5.92 Å². The summed E-state index contributed by atoms with van der Waals surface area (Å²) in [6, 6.07) is 14.1. The second-order valence-electron chi connectivity index (χ2n) is 7.27. The molecule has 0 spiro atoms. The molecule has 0 aliphatic carbocycles. The van der Waals surface area contributed by atoms with Crippen molar-refractivity contribution in [1.29, 1.82) is 0 Å². The standard InChI is InChI=1S/C21H21FN6O2/c1-14-24-25-26-28(14)19-12-17(7-8-18(19)22)23-21(30)16-11-20(29)27(13-16)10-9-15-5-3-2-4-6-15/h2-8,12,16H,9-11,13H2,1H3,(H,23,30). The van der Waals surface area contributed by atoms with Gasteiger partial charge in [0.25, 0.3) is 0 Å². The molecular formula is C21H21FN6O2. The monoisotopic (exact) mass is 408 g/mol. The van der Waals surface area contributed by atoms with Crippen LogP contribution in [0.15, 0.2) is 48.5 Å². The molecule has 1 aromatic heterocycles. The van der Waals surface area contributed by atoms with Crippen molar-refractivity contribution < 1.29 is 14.0 Å². The van der Waals surface area contributed by atoms with Crippen molar-refractivity contribution in [2.24, 2.45) is 5.92 Å². The number of amides is 2. The highest BCUT2D eigenvalue weighted by Crippen LogP contribution is 2.23. The zero-order valence-corrected chi connectivity index (χ0v) is 16.5. The summed E-state index contributed by atoms with van der Waals surface area (Å²) in [7, 11) is 0. The van der Waals surface area contributed by atoms with Gasteiger partial charge in [-0.15, -0.1) is 5.10 Å². The van der Waals surface area contributed by atoms with Crippen molar-refractivity contribution in [2.45, 2.75) is 19.8 Å². The van der Waals surface area contributed by atoms with Crippen molar-refractivity contribution in [1.82, 2.24) is 25.1 Å². The fourth-order valence-corrected chi connectivity index (χ4v) is 3.52. The van der Waals surface area contributed by atoms with Crippen LogP contribution in [-0.4, -0.2) is 50.0 Å². The van der Waals surface area contributed by atoms with E-state index in [0.717, 1.165) is 12.0 Å². The highest BCUT2D eigenvalue weighted by Gasteiger charge is 2.34. The Morgan fingerprint density at radius 2 is 2.03 bits per heavy atom. The number of hydrogen-bond acceptors (Lipinski definition) is 5. The first kappa shape index (κ1) is 19.7. The first-order chi connectivity index (χ1) is 14.5. The maximum atomic E-state index is 14.2. The summed E-state index contributed by atoms with van der Waals surface area (Å²) in [5, 5.41) is 13.8. The van der Waals surface area contributed by atoms with Crippen LogP contribution in [0.3, 0.4) is 0 Å². The molecule has 2 heterocycles. The average molecular weight is 408 g/mol. The van der Waals surface area contributed by atoms with E-state index in [1.54, 1.807) is 11.8 Å². The first-order valence-corrected chi connectivity index (χ1v) is 9.69. The van der Waals surface area contributed by atoms with E-state index in [-0.39, 0.29) is 23.9 Å². The lowest BCUT2D eigenvalue weighted by Gasteiger charge is -2.16. The van der Waals surface area contributed by atoms with Gasteiger partial charge in [0, 0.05) is 25.2 Å². The Bertz CT molecular complexity index is 1070. The summed E-state index contributed by atoms with van der Waals surface area (Å²) in [5.74, 6) is -0.831. The summed E-state index contributed by atoms with van der Waals surface area (Å²) < 4.78 is 15.5. The Morgan fingerprint density at radius 1 is 1.23 bits per heavy atom. The lowest BCUT2D eigenvalue weighted by molar-refractivity contribution is -0.128. The molecule has 2 aromatic carbocycles. The van der Waals surface area contributed by atoms with E-state index >= 15 is 0 Å². The summed E-state index contributed by atoms with van der Waals surface area (Å²) in [4.78, 5) is 26.7. The smallest absolute Gasteiger partial charge is 0.229 e. The molecule has 8 nitrogen and oxygen atoms in total. The number of carbonyl (C=O) groups excluding carboxylic acids is 2. The van der Waals surface area contributed by atoms with Crippen molar-refractivity contribution >= 4 is 17.5 Å². The number of nitrogens with one attached hydrogen (secondary N) is 1. The number of hydrogen-bond donors (Lipinski definition) is 1. The van der Waals surface area contributed by atoms with Crippen LogP contribution in [0.25, 0.3) is 5.69 Å². The first-order valence-electron chi connectivity index (χ1n) is 9.69. The number of nitrogens with zero attached hydrogens (tertiary/aromatic N) is 5. The van der Waals surface area contributed by atoms with Crippen LogP contribution in [0.2, 0.25) is 0 Å². The molecule has 1 saturated heterocycles. The second-order valence-corrected chi connectivity index (χ2v) is 7.27. The molecule has 1 fully saturated rings. The van der Waals surface area contributed by atoms with Crippen LogP contribution >= 0.6 is 0 Å². The van der Waals surface area contributed by atoms with E-state index in [1.165, 1.54) is 22.9 Å². The Labute approximate surface area is 172 Å². The maximum absolute atomic E-state index is 14.2. The molecule has 1 unspecified atom stereocenters. The van der Waals surface area contributed by atoms with E-state index in [1.807, 2.05) is 30.3 Å². The minimum absolute atomic E-state index is 0.0322. The number of tetrazole rings is 1. The van der Waals surface area contributed by atoms with E-state index in [9.17, 15) is 14.0 Å². The van der Waals surface area contributed by atoms with Gasteiger partial charge < -0.3 is 10.2 Å². The van der Waals surface area contributed by atoms with Gasteiger partial charge in [0.2, 0.25) is 11.8 Å². The maximum Gasteiger partial charge on any atom is 0.229 e. The zero-order valence-electron chi connectivity index (χ0n) is 16.5. The van der Waals surface area contributed by atoms with E-state index < -0.39 is 11.7 Å². The number of aromatic nitrogens is 4. The third kappa shape index (κ3) is 4.19. The molecule has 0 bridgehead atoms. The SMILES string of the molecule is Cc1nnnn1-c1cc(NC(=O)C2CC(=O)N(CCc3ccccc3)C2)ccc1F. The molecular weight excluding hydrogens is 387 g/mol. The van der Waals surface area contributed by atoms with Crippen LogP contribution in [0.4, 0.5) is 10.1 Å². The molecule has 1 atom stereocenters. The van der Waals surface area contributed by atoms with Crippen LogP contribution in [0.1, 0.15) is 17.8 Å². The third-order valence-electron chi connectivity index (χ3n) is 5.17. The second kappa shape index (κ2) is 8.40. The molecule has 9 heteroatoms. The zero-order chi connectivity index (χ0) is 21.1. The van der Waals surface area contributed by atoms with Gasteiger partial charge in [0.1, 0.15) is 11.5 Å². The van der Waals surface area contributed by atoms with Crippen LogP contribution in [0.5, 0.6) is 0 Å². The summed E-state index contributed by atoms with van der Waals surface area (Å²) in [5.41, 5.74) is 1.71. The molecule has 0 radical (unpaired) electrons. The van der Waals surface area contributed by atoms with Crippen LogP contribution in [-0.2, 0) is 16.0 Å². The van der Waals surface area contributed by atoms with Crippen molar-refractivity contribution in [3.63, 3.8) is 0 Å². The molecule has 3 aromatic rings. The quantitative estimate of drug-likeness (QED) is 0.675. The van der Waals surface area contributed by atoms with Gasteiger partial charge in [-0.2, -0.15) is 4.68 Å². The Balaban J connectivity index is 1.40. The minimum atomic E-state index is -0.508. The Kier molecular flexibility index (Phi) is 5.51. The van der Waals surface area contributed by atoms with E-state index in [2.05, 4.69) is 20.8 Å². The van der Waals surface area contributed by atoms with E-state index in [4.69, 9.17) is 0 Å². The van der Waals surface area contributed by atoms with E-state index in [0.29, 0.717) is 24.6 Å². The Hall–Kier alpha value is -3.62. The topological polar surface area (TPSA) is 93.0 Å². The van der Waals surface area contributed by atoms with Crippen molar-refractivity contribution in [2.75, 3.05) is 18.4 Å². The van der Waals surface area contributed by atoms with Crippen LogP contribution < -0.4 is 5.32 Å². The molecule has 4 rings (SSSR count). The predicted octanol–water partition coefficient (Wildman–Crippen LogP) is 2.14. The Morgan fingerprint density at radius 3 is 2.77 bits per heavy atom. The van der Waals surface area contributed by atoms with Gasteiger partial charge in [0.15, 0.2) is 5.82 Å². The highest BCUT2D eigenvalue weighted by atomic mass is 19.1. The number of rotatable bonds is 6. The molecule has 1 N–H and O–H groups in total. The fraction of sp³-hybridized carbons (Fsp3) is 0.286. The highest BCUT2D eigenvalue weighted by molar-refractivity contribution is 5.97. The average Bonchev–Trinajstić information content (AvgIpc) is 3.34. The molecule has 30 heavy (non-hydrogen) atoms. The normalized spacial score (nSPS) is 16.1. The molecule has 0 saturated carbocycles. The lowest BCUT2D eigenvalue weighted by atomic mass is 10.1. The minimum Gasteiger partial charge on any atom is -0.342 e. The molecule has 1 aliphatic heterocycles. The number of halogens is 1. The lowest BCUT2D eigenvalue weighted by Crippen LogP contribution is -2.30. The predicted molar refractivity (Wildman–Crippen MR) is 107 cm³/mol. The van der Waals surface area contributed by atoms with Crippen LogP contribution in [0, 0.1) is 18.7 Å². The summed E-state index contributed by atoms with van der Waals surface area (Å²) >= 11 is 0. The van der Waals surface area contributed by atoms with Gasteiger partial charge in [-0.3, -0.25) is 9.59 Å². The molecule has 2 amide bonds.